The summed E-state index contributed by atoms with van der Waals surface area (Å²) in [6.45, 7) is 15.7. The first-order valence-corrected chi connectivity index (χ1v) is 6.74. The van der Waals surface area contributed by atoms with Crippen molar-refractivity contribution >= 4 is 0 Å². The molecule has 16 heavy (non-hydrogen) atoms. The summed E-state index contributed by atoms with van der Waals surface area (Å²) in [5, 5.41) is 3.46. The van der Waals surface area contributed by atoms with E-state index in [0.29, 0.717) is 5.54 Å². The number of rotatable bonds is 2. The van der Waals surface area contributed by atoms with Gasteiger partial charge in [0.25, 0.3) is 0 Å². The summed E-state index contributed by atoms with van der Waals surface area (Å²) in [5.74, 6) is 0.904. The third kappa shape index (κ3) is 3.19. The lowest BCUT2D eigenvalue weighted by atomic mass is 10.0. The van der Waals surface area contributed by atoms with Gasteiger partial charge in [0.05, 0.1) is 0 Å². The van der Waals surface area contributed by atoms with Crippen LogP contribution in [0.3, 0.4) is 0 Å². The number of hydrogen-bond donors (Lipinski definition) is 1. The van der Waals surface area contributed by atoms with Gasteiger partial charge in [-0.1, -0.05) is 0 Å². The van der Waals surface area contributed by atoms with Crippen LogP contribution < -0.4 is 5.32 Å². The minimum atomic E-state index is 0.348. The first kappa shape index (κ1) is 12.3. The number of piperazine rings is 1. The molecule has 2 rings (SSSR count). The SMILES string of the molecule is CC(C)(C)N1CCN(CC2CCNC2)CC1. The molecule has 0 amide bonds. The van der Waals surface area contributed by atoms with Crippen molar-refractivity contribution in [2.45, 2.75) is 32.7 Å². The number of nitrogens with zero attached hydrogens (tertiary/aromatic N) is 2. The van der Waals surface area contributed by atoms with Crippen molar-refractivity contribution in [2.75, 3.05) is 45.8 Å². The van der Waals surface area contributed by atoms with Crippen molar-refractivity contribution in [3.05, 3.63) is 0 Å². The molecule has 0 radical (unpaired) electrons. The van der Waals surface area contributed by atoms with E-state index in [2.05, 4.69) is 35.9 Å². The van der Waals surface area contributed by atoms with Gasteiger partial charge in [-0.15, -0.1) is 0 Å². The molecule has 1 atom stereocenters. The molecular weight excluding hydrogens is 198 g/mol. The predicted octanol–water partition coefficient (Wildman–Crippen LogP) is 1.01. The summed E-state index contributed by atoms with van der Waals surface area (Å²) in [6, 6.07) is 0. The molecule has 0 aromatic heterocycles. The standard InChI is InChI=1S/C13H27N3/c1-13(2,3)16-8-6-15(7-9-16)11-12-4-5-14-10-12/h12,14H,4-11H2,1-3H3. The fraction of sp³-hybridized carbons (Fsp3) is 1.00. The van der Waals surface area contributed by atoms with Crippen LogP contribution in [0.4, 0.5) is 0 Å². The molecule has 0 spiro atoms. The second-order valence-electron chi connectivity index (χ2n) is 6.32. The fourth-order valence-corrected chi connectivity index (χ4v) is 2.84. The fourth-order valence-electron chi connectivity index (χ4n) is 2.84. The molecule has 2 saturated heterocycles. The highest BCUT2D eigenvalue weighted by Gasteiger charge is 2.27. The van der Waals surface area contributed by atoms with Crippen molar-refractivity contribution in [3.8, 4) is 0 Å². The smallest absolute Gasteiger partial charge is 0.0126 e. The van der Waals surface area contributed by atoms with Crippen LogP contribution in [0.15, 0.2) is 0 Å². The first-order chi connectivity index (χ1) is 7.55. The van der Waals surface area contributed by atoms with Crippen LogP contribution in [0.5, 0.6) is 0 Å². The highest BCUT2D eigenvalue weighted by Crippen LogP contribution is 2.17. The average Bonchev–Trinajstić information content (AvgIpc) is 2.70. The maximum Gasteiger partial charge on any atom is 0.0126 e. The minimum Gasteiger partial charge on any atom is -0.316 e. The lowest BCUT2D eigenvalue weighted by Crippen LogP contribution is -2.54. The molecule has 1 unspecified atom stereocenters. The quantitative estimate of drug-likeness (QED) is 0.757. The van der Waals surface area contributed by atoms with E-state index < -0.39 is 0 Å². The van der Waals surface area contributed by atoms with Crippen LogP contribution in [0.2, 0.25) is 0 Å². The Morgan fingerprint density at radius 1 is 1.12 bits per heavy atom. The van der Waals surface area contributed by atoms with Gasteiger partial charge in [-0.2, -0.15) is 0 Å². The van der Waals surface area contributed by atoms with Gasteiger partial charge in [0, 0.05) is 38.3 Å². The van der Waals surface area contributed by atoms with Crippen molar-refractivity contribution < 1.29 is 0 Å². The Balaban J connectivity index is 1.72. The highest BCUT2D eigenvalue weighted by atomic mass is 15.3. The molecule has 0 aromatic carbocycles. The van der Waals surface area contributed by atoms with Crippen LogP contribution >= 0.6 is 0 Å². The highest BCUT2D eigenvalue weighted by molar-refractivity contribution is 4.83. The third-order valence-corrected chi connectivity index (χ3v) is 4.00. The van der Waals surface area contributed by atoms with Gasteiger partial charge in [0.2, 0.25) is 0 Å². The van der Waals surface area contributed by atoms with Crippen molar-refractivity contribution in [3.63, 3.8) is 0 Å². The summed E-state index contributed by atoms with van der Waals surface area (Å²) in [6.07, 6.45) is 1.37. The summed E-state index contributed by atoms with van der Waals surface area (Å²) in [5.41, 5.74) is 0.348. The van der Waals surface area contributed by atoms with Crippen LogP contribution in [-0.4, -0.2) is 61.2 Å². The van der Waals surface area contributed by atoms with Crippen molar-refractivity contribution in [1.29, 1.82) is 0 Å². The third-order valence-electron chi connectivity index (χ3n) is 4.00. The molecule has 94 valence electrons. The second kappa shape index (κ2) is 5.03. The predicted molar refractivity (Wildman–Crippen MR) is 68.7 cm³/mol. The topological polar surface area (TPSA) is 18.5 Å². The Labute approximate surface area is 100 Å². The molecular formula is C13H27N3. The summed E-state index contributed by atoms with van der Waals surface area (Å²) in [4.78, 5) is 5.26. The second-order valence-corrected chi connectivity index (χ2v) is 6.32. The average molecular weight is 225 g/mol. The maximum absolute atomic E-state index is 3.46. The van der Waals surface area contributed by atoms with E-state index in [4.69, 9.17) is 0 Å². The zero-order valence-corrected chi connectivity index (χ0v) is 11.1. The van der Waals surface area contributed by atoms with E-state index in [1.54, 1.807) is 0 Å². The molecule has 0 bridgehead atoms. The van der Waals surface area contributed by atoms with Crippen LogP contribution in [0.1, 0.15) is 27.2 Å². The van der Waals surface area contributed by atoms with E-state index in [-0.39, 0.29) is 0 Å². The maximum atomic E-state index is 3.46. The van der Waals surface area contributed by atoms with Crippen molar-refractivity contribution in [1.82, 2.24) is 15.1 Å². The van der Waals surface area contributed by atoms with E-state index in [9.17, 15) is 0 Å². The molecule has 0 aromatic rings. The zero-order valence-electron chi connectivity index (χ0n) is 11.1. The largest absolute Gasteiger partial charge is 0.316 e. The molecule has 0 aliphatic carbocycles. The lowest BCUT2D eigenvalue weighted by molar-refractivity contribution is 0.0565. The Hall–Kier alpha value is -0.120. The van der Waals surface area contributed by atoms with Crippen LogP contribution in [0.25, 0.3) is 0 Å². The van der Waals surface area contributed by atoms with Gasteiger partial charge >= 0.3 is 0 Å². The Bertz CT molecular complexity index is 208. The normalized spacial score (nSPS) is 29.8. The molecule has 1 N–H and O–H groups in total. The Kier molecular flexibility index (Phi) is 3.88. The zero-order chi connectivity index (χ0) is 11.6. The van der Waals surface area contributed by atoms with E-state index in [1.165, 1.54) is 52.2 Å². The molecule has 2 heterocycles. The van der Waals surface area contributed by atoms with Crippen LogP contribution in [0, 0.1) is 5.92 Å². The van der Waals surface area contributed by atoms with Crippen LogP contribution in [-0.2, 0) is 0 Å². The molecule has 2 aliphatic rings. The molecule has 3 heteroatoms. The Morgan fingerprint density at radius 3 is 2.31 bits per heavy atom. The number of nitrogens with one attached hydrogen (secondary N) is 1. The Morgan fingerprint density at radius 2 is 1.81 bits per heavy atom. The summed E-state index contributed by atoms with van der Waals surface area (Å²) in [7, 11) is 0. The molecule has 3 nitrogen and oxygen atoms in total. The first-order valence-electron chi connectivity index (χ1n) is 6.74. The van der Waals surface area contributed by atoms with E-state index >= 15 is 0 Å². The molecule has 0 saturated carbocycles. The van der Waals surface area contributed by atoms with Crippen molar-refractivity contribution in [2.24, 2.45) is 5.92 Å². The van der Waals surface area contributed by atoms with Gasteiger partial charge in [-0.3, -0.25) is 4.90 Å². The van der Waals surface area contributed by atoms with Gasteiger partial charge in [0.1, 0.15) is 0 Å². The lowest BCUT2D eigenvalue weighted by Gasteiger charge is -2.42. The molecule has 2 aliphatic heterocycles. The van der Waals surface area contributed by atoms with Gasteiger partial charge < -0.3 is 10.2 Å². The summed E-state index contributed by atoms with van der Waals surface area (Å²) < 4.78 is 0. The monoisotopic (exact) mass is 225 g/mol. The van der Waals surface area contributed by atoms with E-state index in [1.807, 2.05) is 0 Å². The molecule has 2 fully saturated rings. The minimum absolute atomic E-state index is 0.348. The van der Waals surface area contributed by atoms with Gasteiger partial charge in [-0.25, -0.2) is 0 Å². The number of hydrogen-bond acceptors (Lipinski definition) is 3. The van der Waals surface area contributed by atoms with Gasteiger partial charge in [-0.05, 0) is 46.2 Å². The van der Waals surface area contributed by atoms with E-state index in [0.717, 1.165) is 5.92 Å². The van der Waals surface area contributed by atoms with Gasteiger partial charge in [0.15, 0.2) is 0 Å². The summed E-state index contributed by atoms with van der Waals surface area (Å²) >= 11 is 0.